The van der Waals surface area contributed by atoms with Crippen molar-refractivity contribution in [2.24, 2.45) is 11.7 Å². The average molecular weight is 557 g/mol. The Labute approximate surface area is 233 Å². The number of nitrogens with one attached hydrogen (secondary N) is 1. The summed E-state index contributed by atoms with van der Waals surface area (Å²) in [4.78, 5) is 17.0. The number of sulfone groups is 1. The minimum absolute atomic E-state index is 0.0468. The maximum Gasteiger partial charge on any atom is 0.233 e. The molecule has 1 aliphatic carbocycles. The molecule has 2 aliphatic rings. The molecular weight excluding hydrogens is 512 g/mol. The van der Waals surface area contributed by atoms with E-state index in [1.807, 2.05) is 19.1 Å². The molecular formula is C30H44N4O4S. The number of nitrogens with two attached hydrogens (primary N) is 1. The molecule has 1 amide bonds. The van der Waals surface area contributed by atoms with Gasteiger partial charge in [-0.25, -0.2) is 8.42 Å². The molecule has 1 saturated carbocycles. The van der Waals surface area contributed by atoms with Crippen LogP contribution in [0.15, 0.2) is 58.3 Å². The van der Waals surface area contributed by atoms with E-state index >= 15 is 0 Å². The van der Waals surface area contributed by atoms with Crippen molar-refractivity contribution < 1.29 is 17.9 Å². The Balaban J connectivity index is 1.33. The van der Waals surface area contributed by atoms with Gasteiger partial charge in [-0.15, -0.1) is 0 Å². The molecule has 0 radical (unpaired) electrons. The maximum absolute atomic E-state index is 13.4. The van der Waals surface area contributed by atoms with Crippen LogP contribution in [-0.2, 0) is 14.6 Å². The lowest BCUT2D eigenvalue weighted by Crippen LogP contribution is -2.51. The van der Waals surface area contributed by atoms with Crippen molar-refractivity contribution >= 4 is 15.7 Å². The first-order valence-electron chi connectivity index (χ1n) is 14.3. The smallest absolute Gasteiger partial charge is 0.233 e. The highest BCUT2D eigenvalue weighted by molar-refractivity contribution is 7.91. The normalized spacial score (nSPS) is 19.4. The van der Waals surface area contributed by atoms with Crippen LogP contribution in [0.4, 0.5) is 0 Å². The summed E-state index contributed by atoms with van der Waals surface area (Å²) < 4.78 is 32.6. The van der Waals surface area contributed by atoms with Crippen molar-refractivity contribution in [2.75, 3.05) is 45.9 Å². The molecule has 3 N–H and O–H groups in total. The lowest BCUT2D eigenvalue weighted by molar-refractivity contribution is -0.119. The summed E-state index contributed by atoms with van der Waals surface area (Å²) in [5.74, 6) is 0.309. The van der Waals surface area contributed by atoms with Gasteiger partial charge in [-0.1, -0.05) is 44.4 Å². The van der Waals surface area contributed by atoms with Gasteiger partial charge in [0.25, 0.3) is 0 Å². The van der Waals surface area contributed by atoms with Gasteiger partial charge in [-0.2, -0.15) is 0 Å². The summed E-state index contributed by atoms with van der Waals surface area (Å²) in [6.07, 6.45) is 6.80. The van der Waals surface area contributed by atoms with E-state index in [0.717, 1.165) is 37.8 Å². The van der Waals surface area contributed by atoms with Gasteiger partial charge in [-0.3, -0.25) is 14.6 Å². The topological polar surface area (TPSA) is 105 Å². The zero-order valence-corrected chi connectivity index (χ0v) is 24.2. The first-order valence-corrected chi connectivity index (χ1v) is 15.8. The van der Waals surface area contributed by atoms with Crippen molar-refractivity contribution in [1.29, 1.82) is 0 Å². The van der Waals surface area contributed by atoms with Gasteiger partial charge in [0, 0.05) is 50.7 Å². The number of carbonyl (C=O) groups excluding carboxylic acids is 1. The van der Waals surface area contributed by atoms with Crippen LogP contribution in [-0.4, -0.2) is 76.0 Å². The monoisotopic (exact) mass is 556 g/mol. The fourth-order valence-electron chi connectivity index (χ4n) is 5.60. The third-order valence-electron chi connectivity index (χ3n) is 8.14. The van der Waals surface area contributed by atoms with E-state index < -0.39 is 9.84 Å². The average Bonchev–Trinajstić information content (AvgIpc) is 2.99. The number of amides is 1. The van der Waals surface area contributed by atoms with Gasteiger partial charge >= 0.3 is 0 Å². The summed E-state index contributed by atoms with van der Waals surface area (Å²) in [6.45, 7) is 9.20. The highest BCUT2D eigenvalue weighted by atomic mass is 32.2. The quantitative estimate of drug-likeness (QED) is 0.436. The fraction of sp³-hybridized carbons (Fsp3) is 0.567. The Hall–Kier alpha value is -2.46. The van der Waals surface area contributed by atoms with Crippen LogP contribution >= 0.6 is 0 Å². The molecule has 8 nitrogen and oxygen atoms in total. The SMILES string of the molecule is C[C@H](CNC(=O)CN)COc1cccc(S(=O)(=O)c2ccc([C@H](C)N3CCN(C4CCCCC4)CC3)cc2)c1. The molecule has 214 valence electrons. The zero-order chi connectivity index (χ0) is 27.8. The van der Waals surface area contributed by atoms with Crippen LogP contribution in [0.1, 0.15) is 57.6 Å². The van der Waals surface area contributed by atoms with Crippen molar-refractivity contribution in [3.63, 3.8) is 0 Å². The second-order valence-corrected chi connectivity index (χ2v) is 13.0. The van der Waals surface area contributed by atoms with Crippen molar-refractivity contribution in [3.8, 4) is 5.75 Å². The van der Waals surface area contributed by atoms with E-state index in [4.69, 9.17) is 10.5 Å². The standard InChI is InChI=1S/C30H44N4O4S/c1-23(21-32-30(35)20-31)22-38-27-9-6-10-29(19-27)39(36,37)28-13-11-25(12-14-28)24(2)33-15-17-34(18-16-33)26-7-4-3-5-8-26/h6,9-14,19,23-24,26H,3-5,7-8,15-18,20-22,31H2,1-2H3,(H,32,35)/t23-,24+/m1/s1. The van der Waals surface area contributed by atoms with Gasteiger partial charge in [0.1, 0.15) is 5.75 Å². The summed E-state index contributed by atoms with van der Waals surface area (Å²) in [7, 11) is -3.68. The molecule has 2 aromatic rings. The molecule has 9 heteroatoms. The zero-order valence-electron chi connectivity index (χ0n) is 23.3. The van der Waals surface area contributed by atoms with E-state index in [9.17, 15) is 13.2 Å². The molecule has 1 saturated heterocycles. The van der Waals surface area contributed by atoms with Crippen LogP contribution in [0.3, 0.4) is 0 Å². The van der Waals surface area contributed by atoms with Crippen molar-refractivity contribution in [1.82, 2.24) is 15.1 Å². The number of hydrogen-bond donors (Lipinski definition) is 2. The Morgan fingerprint density at radius 3 is 2.36 bits per heavy atom. The van der Waals surface area contributed by atoms with E-state index in [1.54, 1.807) is 36.4 Å². The second kappa shape index (κ2) is 13.7. The van der Waals surface area contributed by atoms with Gasteiger partial charge in [0.15, 0.2) is 0 Å². The number of benzene rings is 2. The molecule has 39 heavy (non-hydrogen) atoms. The van der Waals surface area contributed by atoms with Gasteiger partial charge in [0.2, 0.25) is 15.7 Å². The van der Waals surface area contributed by atoms with Crippen LogP contribution in [0.5, 0.6) is 5.75 Å². The number of nitrogens with zero attached hydrogens (tertiary/aromatic N) is 2. The number of piperazine rings is 1. The molecule has 0 spiro atoms. The van der Waals surface area contributed by atoms with Crippen molar-refractivity contribution in [3.05, 3.63) is 54.1 Å². The van der Waals surface area contributed by atoms with Crippen LogP contribution in [0.25, 0.3) is 0 Å². The molecule has 2 atom stereocenters. The minimum atomic E-state index is -3.68. The predicted octanol–water partition coefficient (Wildman–Crippen LogP) is 3.62. The predicted molar refractivity (Wildman–Crippen MR) is 153 cm³/mol. The number of ether oxygens (including phenoxy) is 1. The van der Waals surface area contributed by atoms with E-state index in [0.29, 0.717) is 18.9 Å². The van der Waals surface area contributed by atoms with E-state index in [-0.39, 0.29) is 34.2 Å². The van der Waals surface area contributed by atoms with Crippen LogP contribution in [0, 0.1) is 5.92 Å². The highest BCUT2D eigenvalue weighted by Crippen LogP contribution is 2.29. The Kier molecular flexibility index (Phi) is 10.4. The largest absolute Gasteiger partial charge is 0.493 e. The van der Waals surface area contributed by atoms with Gasteiger partial charge in [-0.05, 0) is 55.7 Å². The Morgan fingerprint density at radius 2 is 1.69 bits per heavy atom. The lowest BCUT2D eigenvalue weighted by atomic mass is 9.93. The first kappa shape index (κ1) is 29.5. The van der Waals surface area contributed by atoms with Gasteiger partial charge in [0.05, 0.1) is 22.9 Å². The molecule has 2 fully saturated rings. The molecule has 0 unspecified atom stereocenters. The maximum atomic E-state index is 13.4. The van der Waals surface area contributed by atoms with Gasteiger partial charge < -0.3 is 15.8 Å². The summed E-state index contributed by atoms with van der Waals surface area (Å²) in [5, 5.41) is 2.73. The van der Waals surface area contributed by atoms with Crippen LogP contribution in [0.2, 0.25) is 0 Å². The molecule has 4 rings (SSSR count). The van der Waals surface area contributed by atoms with Crippen molar-refractivity contribution in [2.45, 2.75) is 67.8 Å². The minimum Gasteiger partial charge on any atom is -0.493 e. The van der Waals surface area contributed by atoms with E-state index in [1.165, 1.54) is 32.1 Å². The Morgan fingerprint density at radius 1 is 1.00 bits per heavy atom. The van der Waals surface area contributed by atoms with Crippen LogP contribution < -0.4 is 15.8 Å². The summed E-state index contributed by atoms with van der Waals surface area (Å²) >= 11 is 0. The lowest BCUT2D eigenvalue weighted by Gasteiger charge is -2.42. The third kappa shape index (κ3) is 7.81. The highest BCUT2D eigenvalue weighted by Gasteiger charge is 2.27. The van der Waals surface area contributed by atoms with E-state index in [2.05, 4.69) is 22.0 Å². The number of rotatable bonds is 11. The summed E-state index contributed by atoms with van der Waals surface area (Å²) in [5.41, 5.74) is 6.44. The molecule has 0 bridgehead atoms. The third-order valence-corrected chi connectivity index (χ3v) is 9.91. The summed E-state index contributed by atoms with van der Waals surface area (Å²) in [6, 6.07) is 14.9. The second-order valence-electron chi connectivity index (χ2n) is 11.0. The fourth-order valence-corrected chi connectivity index (χ4v) is 6.89. The number of carbonyl (C=O) groups is 1. The molecule has 1 heterocycles. The molecule has 0 aromatic heterocycles. The Bertz CT molecular complexity index is 1170. The first-order chi connectivity index (χ1) is 18.8. The number of hydrogen-bond acceptors (Lipinski definition) is 7. The molecule has 1 aliphatic heterocycles. The molecule has 2 aromatic carbocycles.